The van der Waals surface area contributed by atoms with Crippen molar-refractivity contribution in [1.29, 1.82) is 0 Å². The third-order valence-electron chi connectivity index (χ3n) is 2.47. The third-order valence-corrected chi connectivity index (χ3v) is 2.74. The van der Waals surface area contributed by atoms with Gasteiger partial charge >= 0.3 is 0 Å². The van der Waals surface area contributed by atoms with Crippen molar-refractivity contribution in [3.63, 3.8) is 0 Å². The molecule has 1 N–H and O–H groups in total. The predicted octanol–water partition coefficient (Wildman–Crippen LogP) is 2.24. The van der Waals surface area contributed by atoms with Crippen molar-refractivity contribution < 1.29 is 4.74 Å². The van der Waals surface area contributed by atoms with E-state index in [1.165, 1.54) is 6.33 Å². The first-order valence-corrected chi connectivity index (χ1v) is 5.92. The molecule has 0 amide bonds. The second kappa shape index (κ2) is 5.19. The van der Waals surface area contributed by atoms with E-state index in [0.717, 1.165) is 17.7 Å². The number of alkyl halides is 1. The van der Waals surface area contributed by atoms with Crippen LogP contribution in [0.1, 0.15) is 12.0 Å². The van der Waals surface area contributed by atoms with Crippen LogP contribution in [0.3, 0.4) is 0 Å². The Kier molecular flexibility index (Phi) is 3.64. The number of aromatic amines is 1. The maximum absolute atomic E-state index is 11.5. The van der Waals surface area contributed by atoms with Crippen molar-refractivity contribution in [3.8, 4) is 5.75 Å². The quantitative estimate of drug-likeness (QED) is 0.671. The minimum absolute atomic E-state index is 0.134. The van der Waals surface area contributed by atoms with E-state index in [1.807, 2.05) is 6.92 Å². The molecule has 0 bridgehead atoms. The molecule has 0 spiro atoms. The number of aryl methyl sites for hydroxylation is 1. The van der Waals surface area contributed by atoms with Gasteiger partial charge in [0, 0.05) is 11.9 Å². The molecule has 4 nitrogen and oxygen atoms in total. The zero-order valence-corrected chi connectivity index (χ0v) is 10.3. The van der Waals surface area contributed by atoms with Crippen LogP contribution in [0.15, 0.2) is 23.3 Å². The Morgan fingerprint density at radius 1 is 1.47 bits per heavy atom. The summed E-state index contributed by atoms with van der Waals surface area (Å²) in [5.41, 5.74) is 1.43. The number of hydrogen-bond acceptors (Lipinski definition) is 3. The molecule has 0 radical (unpaired) electrons. The fraction of sp³-hybridized carbons (Fsp3) is 0.333. The molecule has 1 aromatic carbocycles. The molecule has 0 aliphatic rings. The van der Waals surface area contributed by atoms with Gasteiger partial charge in [-0.25, -0.2) is 4.98 Å². The highest BCUT2D eigenvalue weighted by Crippen LogP contribution is 2.22. The van der Waals surface area contributed by atoms with Crippen LogP contribution in [0, 0.1) is 6.92 Å². The van der Waals surface area contributed by atoms with E-state index < -0.39 is 0 Å². The highest BCUT2D eigenvalue weighted by atomic mass is 35.5. The van der Waals surface area contributed by atoms with Crippen LogP contribution < -0.4 is 10.3 Å². The lowest BCUT2D eigenvalue weighted by Gasteiger charge is -2.09. The summed E-state index contributed by atoms with van der Waals surface area (Å²) in [6.07, 6.45) is 2.18. The second-order valence-electron chi connectivity index (χ2n) is 3.76. The maximum atomic E-state index is 11.5. The van der Waals surface area contributed by atoms with Crippen LogP contribution in [0.2, 0.25) is 0 Å². The molecular weight excluding hydrogens is 240 g/mol. The first-order chi connectivity index (χ1) is 8.22. The third kappa shape index (κ3) is 2.58. The maximum Gasteiger partial charge on any atom is 0.258 e. The highest BCUT2D eigenvalue weighted by Gasteiger charge is 2.05. The Balaban J connectivity index is 2.38. The average Bonchev–Trinajstić information content (AvgIpc) is 2.31. The standard InChI is InChI=1S/C12H13ClN2O2/c1-8-5-9-10(14-7-15-12(9)16)6-11(8)17-4-2-3-13/h5-7H,2-4H2,1H3,(H,14,15,16). The number of hydrogen-bond donors (Lipinski definition) is 1. The van der Waals surface area contributed by atoms with E-state index in [1.54, 1.807) is 12.1 Å². The second-order valence-corrected chi connectivity index (χ2v) is 4.14. The smallest absolute Gasteiger partial charge is 0.258 e. The van der Waals surface area contributed by atoms with Gasteiger partial charge in [0.25, 0.3) is 5.56 Å². The summed E-state index contributed by atoms with van der Waals surface area (Å²) in [7, 11) is 0. The van der Waals surface area contributed by atoms with Gasteiger partial charge in [-0.15, -0.1) is 11.6 Å². The van der Waals surface area contributed by atoms with Crippen LogP contribution in [0.5, 0.6) is 5.75 Å². The lowest BCUT2D eigenvalue weighted by atomic mass is 10.1. The fourth-order valence-corrected chi connectivity index (χ4v) is 1.71. The number of nitrogens with one attached hydrogen (secondary N) is 1. The Hall–Kier alpha value is -1.55. The highest BCUT2D eigenvalue weighted by molar-refractivity contribution is 6.17. The molecule has 5 heteroatoms. The molecule has 0 fully saturated rings. The van der Waals surface area contributed by atoms with Gasteiger partial charge in [0.2, 0.25) is 0 Å². The molecule has 90 valence electrons. The fourth-order valence-electron chi connectivity index (χ4n) is 1.60. The van der Waals surface area contributed by atoms with Crippen molar-refractivity contribution in [2.75, 3.05) is 12.5 Å². The monoisotopic (exact) mass is 252 g/mol. The summed E-state index contributed by atoms with van der Waals surface area (Å²) in [4.78, 5) is 18.2. The van der Waals surface area contributed by atoms with Gasteiger partial charge in [-0.3, -0.25) is 4.79 Å². The summed E-state index contributed by atoms with van der Waals surface area (Å²) in [5.74, 6) is 1.32. The lowest BCUT2D eigenvalue weighted by molar-refractivity contribution is 0.316. The van der Waals surface area contributed by atoms with Crippen LogP contribution in [-0.2, 0) is 0 Å². The van der Waals surface area contributed by atoms with Crippen molar-refractivity contribution in [2.24, 2.45) is 0 Å². The number of halogens is 1. The van der Waals surface area contributed by atoms with Gasteiger partial charge in [0.1, 0.15) is 5.75 Å². The Bertz CT molecular complexity index is 580. The molecule has 0 aliphatic carbocycles. The van der Waals surface area contributed by atoms with E-state index in [-0.39, 0.29) is 5.56 Å². The molecule has 1 heterocycles. The van der Waals surface area contributed by atoms with Crippen molar-refractivity contribution >= 4 is 22.5 Å². The van der Waals surface area contributed by atoms with E-state index >= 15 is 0 Å². The number of fused-ring (bicyclic) bond motifs is 1. The number of aromatic nitrogens is 2. The number of benzene rings is 1. The zero-order chi connectivity index (χ0) is 12.3. The Morgan fingerprint density at radius 2 is 2.29 bits per heavy atom. The molecule has 2 aromatic rings. The van der Waals surface area contributed by atoms with Gasteiger partial charge in [0.05, 0.1) is 23.8 Å². The molecule has 0 atom stereocenters. The molecule has 0 saturated heterocycles. The van der Waals surface area contributed by atoms with Gasteiger partial charge in [-0.1, -0.05) is 0 Å². The first-order valence-electron chi connectivity index (χ1n) is 5.39. The summed E-state index contributed by atoms with van der Waals surface area (Å²) in [6, 6.07) is 3.57. The predicted molar refractivity (Wildman–Crippen MR) is 67.9 cm³/mol. The van der Waals surface area contributed by atoms with E-state index in [2.05, 4.69) is 9.97 Å². The van der Waals surface area contributed by atoms with Crippen molar-refractivity contribution in [1.82, 2.24) is 9.97 Å². The van der Waals surface area contributed by atoms with Gasteiger partial charge in [-0.05, 0) is 25.0 Å². The molecule has 0 saturated carbocycles. The molecule has 0 unspecified atom stereocenters. The Morgan fingerprint density at radius 3 is 3.06 bits per heavy atom. The van der Waals surface area contributed by atoms with Crippen molar-refractivity contribution in [2.45, 2.75) is 13.3 Å². The topological polar surface area (TPSA) is 55.0 Å². The summed E-state index contributed by atoms with van der Waals surface area (Å²) in [6.45, 7) is 2.47. The van der Waals surface area contributed by atoms with Gasteiger partial charge in [-0.2, -0.15) is 0 Å². The van der Waals surface area contributed by atoms with Gasteiger partial charge < -0.3 is 9.72 Å². The van der Waals surface area contributed by atoms with E-state index in [0.29, 0.717) is 23.4 Å². The van der Waals surface area contributed by atoms with Crippen LogP contribution in [-0.4, -0.2) is 22.5 Å². The lowest BCUT2D eigenvalue weighted by Crippen LogP contribution is -2.07. The molecule has 1 aromatic heterocycles. The number of H-pyrrole nitrogens is 1. The zero-order valence-electron chi connectivity index (χ0n) is 9.50. The average molecular weight is 253 g/mol. The minimum atomic E-state index is -0.134. The normalized spacial score (nSPS) is 10.7. The minimum Gasteiger partial charge on any atom is -0.493 e. The van der Waals surface area contributed by atoms with Crippen molar-refractivity contribution in [3.05, 3.63) is 34.4 Å². The van der Waals surface area contributed by atoms with Gasteiger partial charge in [0.15, 0.2) is 0 Å². The molecule has 0 aliphatic heterocycles. The molecule has 2 rings (SSSR count). The Labute approximate surface area is 104 Å². The number of ether oxygens (including phenoxy) is 1. The SMILES string of the molecule is Cc1cc2c(=O)[nH]cnc2cc1OCCCCl. The molecular formula is C12H13ClN2O2. The number of rotatable bonds is 4. The van der Waals surface area contributed by atoms with Crippen LogP contribution in [0.25, 0.3) is 10.9 Å². The van der Waals surface area contributed by atoms with Crippen LogP contribution >= 0.6 is 11.6 Å². The first kappa shape index (κ1) is 11.9. The van der Waals surface area contributed by atoms with Crippen LogP contribution in [0.4, 0.5) is 0 Å². The van der Waals surface area contributed by atoms with E-state index in [9.17, 15) is 4.79 Å². The van der Waals surface area contributed by atoms with E-state index in [4.69, 9.17) is 16.3 Å². The summed E-state index contributed by atoms with van der Waals surface area (Å²) in [5, 5.41) is 0.578. The summed E-state index contributed by atoms with van der Waals surface area (Å²) >= 11 is 5.59. The number of nitrogens with zero attached hydrogens (tertiary/aromatic N) is 1. The summed E-state index contributed by atoms with van der Waals surface area (Å²) < 4.78 is 5.59. The molecule has 17 heavy (non-hydrogen) atoms. The largest absolute Gasteiger partial charge is 0.493 e.